The van der Waals surface area contributed by atoms with E-state index in [1.807, 2.05) is 19.1 Å². The molecule has 1 atom stereocenters. The number of nitrogens with zero attached hydrogens (tertiary/aromatic N) is 1. The highest BCUT2D eigenvalue weighted by atomic mass is 35.5. The number of amides is 1. The first-order chi connectivity index (χ1) is 13.6. The van der Waals surface area contributed by atoms with Gasteiger partial charge >= 0.3 is 0 Å². The van der Waals surface area contributed by atoms with Crippen molar-refractivity contribution < 1.29 is 13.2 Å². The molecule has 0 spiro atoms. The number of benzene rings is 2. The van der Waals surface area contributed by atoms with E-state index >= 15 is 0 Å². The topological polar surface area (TPSA) is 66.5 Å². The summed E-state index contributed by atoms with van der Waals surface area (Å²) in [6.07, 6.45) is 2.79. The first-order valence-electron chi connectivity index (χ1n) is 9.74. The Morgan fingerprint density at radius 1 is 1.17 bits per heavy atom. The van der Waals surface area contributed by atoms with Crippen LogP contribution in [0.25, 0.3) is 0 Å². The van der Waals surface area contributed by atoms with Crippen LogP contribution in [-0.2, 0) is 21.2 Å². The van der Waals surface area contributed by atoms with Gasteiger partial charge in [-0.25, -0.2) is 8.42 Å². The van der Waals surface area contributed by atoms with Gasteiger partial charge in [-0.15, -0.1) is 0 Å². The van der Waals surface area contributed by atoms with E-state index in [-0.39, 0.29) is 24.9 Å². The molecule has 7 heteroatoms. The summed E-state index contributed by atoms with van der Waals surface area (Å²) in [5.74, 6) is -0.103. The van der Waals surface area contributed by atoms with Crippen LogP contribution in [-0.4, -0.2) is 27.1 Å². The molecule has 0 radical (unpaired) electrons. The van der Waals surface area contributed by atoms with E-state index in [0.717, 1.165) is 18.2 Å². The van der Waals surface area contributed by atoms with Gasteiger partial charge < -0.3 is 5.32 Å². The van der Waals surface area contributed by atoms with E-state index < -0.39 is 10.0 Å². The van der Waals surface area contributed by atoms with Crippen molar-refractivity contribution in [1.82, 2.24) is 5.32 Å². The number of carbonyl (C=O) groups excluding carboxylic acids is 1. The maximum Gasteiger partial charge on any atom is 0.232 e. The number of hydrogen-bond donors (Lipinski definition) is 1. The lowest BCUT2D eigenvalue weighted by molar-refractivity contribution is -0.121. The largest absolute Gasteiger partial charge is 0.350 e. The zero-order valence-corrected chi connectivity index (χ0v) is 19.0. The van der Waals surface area contributed by atoms with Crippen molar-refractivity contribution >= 4 is 33.2 Å². The number of aryl methyl sites for hydroxylation is 1. The first kappa shape index (κ1) is 23.2. The normalized spacial score (nSPS) is 12.4. The molecular weight excluding hydrogens is 408 g/mol. The molecule has 0 aromatic heterocycles. The van der Waals surface area contributed by atoms with Crippen molar-refractivity contribution in [2.45, 2.75) is 46.1 Å². The minimum absolute atomic E-state index is 0.102. The summed E-state index contributed by atoms with van der Waals surface area (Å²) in [6.45, 7) is 6.04. The fourth-order valence-corrected chi connectivity index (χ4v) is 4.34. The molecule has 1 N–H and O–H groups in total. The molecule has 29 heavy (non-hydrogen) atoms. The van der Waals surface area contributed by atoms with Crippen molar-refractivity contribution in [3.8, 4) is 0 Å². The van der Waals surface area contributed by atoms with E-state index in [9.17, 15) is 13.2 Å². The molecule has 0 aliphatic heterocycles. The van der Waals surface area contributed by atoms with E-state index in [2.05, 4.69) is 24.4 Å². The highest BCUT2D eigenvalue weighted by Crippen LogP contribution is 2.28. The van der Waals surface area contributed by atoms with Gasteiger partial charge in [0.05, 0.1) is 18.0 Å². The quantitative estimate of drug-likeness (QED) is 0.622. The van der Waals surface area contributed by atoms with Crippen LogP contribution in [0, 0.1) is 6.92 Å². The zero-order valence-electron chi connectivity index (χ0n) is 17.4. The molecule has 5 nitrogen and oxygen atoms in total. The van der Waals surface area contributed by atoms with Gasteiger partial charge in [0.25, 0.3) is 0 Å². The highest BCUT2D eigenvalue weighted by Gasteiger charge is 2.20. The predicted octanol–water partition coefficient (Wildman–Crippen LogP) is 4.63. The molecule has 1 amide bonds. The monoisotopic (exact) mass is 436 g/mol. The smallest absolute Gasteiger partial charge is 0.232 e. The molecule has 0 aliphatic carbocycles. The lowest BCUT2D eigenvalue weighted by Crippen LogP contribution is -2.33. The average molecular weight is 437 g/mol. The Kier molecular flexibility index (Phi) is 8.11. The number of rotatable bonds is 9. The molecule has 158 valence electrons. The minimum atomic E-state index is -3.48. The third kappa shape index (κ3) is 6.47. The summed E-state index contributed by atoms with van der Waals surface area (Å²) < 4.78 is 25.9. The Bertz CT molecular complexity index is 943. The highest BCUT2D eigenvalue weighted by molar-refractivity contribution is 7.92. The van der Waals surface area contributed by atoms with E-state index in [4.69, 9.17) is 11.6 Å². The summed E-state index contributed by atoms with van der Waals surface area (Å²) in [7, 11) is -3.48. The van der Waals surface area contributed by atoms with Gasteiger partial charge in [-0.1, -0.05) is 48.9 Å². The van der Waals surface area contributed by atoms with Crippen molar-refractivity contribution in [2.75, 3.05) is 17.1 Å². The van der Waals surface area contributed by atoms with E-state index in [1.165, 1.54) is 9.87 Å². The van der Waals surface area contributed by atoms with Gasteiger partial charge in [0, 0.05) is 18.0 Å². The zero-order chi connectivity index (χ0) is 21.6. The van der Waals surface area contributed by atoms with Crippen LogP contribution in [0.1, 0.15) is 49.4 Å². The molecular formula is C22H29ClN2O3S. The molecule has 0 saturated carbocycles. The Hall–Kier alpha value is -2.05. The predicted molar refractivity (Wildman–Crippen MR) is 120 cm³/mol. The second-order valence-corrected chi connectivity index (χ2v) is 9.52. The van der Waals surface area contributed by atoms with Crippen molar-refractivity contribution in [2.24, 2.45) is 0 Å². The maximum absolute atomic E-state index is 12.3. The van der Waals surface area contributed by atoms with Crippen molar-refractivity contribution in [3.05, 3.63) is 64.2 Å². The Morgan fingerprint density at radius 2 is 1.83 bits per heavy atom. The molecule has 0 aliphatic rings. The molecule has 0 bridgehead atoms. The summed E-state index contributed by atoms with van der Waals surface area (Å²) in [6, 6.07) is 13.3. The Balaban J connectivity index is 1.96. The Morgan fingerprint density at radius 3 is 2.41 bits per heavy atom. The molecule has 2 aromatic carbocycles. The van der Waals surface area contributed by atoms with Gasteiger partial charge in [0.1, 0.15) is 0 Å². The lowest BCUT2D eigenvalue weighted by Gasteiger charge is -2.24. The van der Waals surface area contributed by atoms with Crippen LogP contribution < -0.4 is 9.62 Å². The molecule has 0 unspecified atom stereocenters. The average Bonchev–Trinajstić information content (AvgIpc) is 2.67. The molecule has 2 aromatic rings. The number of hydrogen-bond acceptors (Lipinski definition) is 3. The maximum atomic E-state index is 12.3. The summed E-state index contributed by atoms with van der Waals surface area (Å²) >= 11 is 6.14. The SMILES string of the molecule is CCc1ccc([C@H](C)NC(=O)CCCN(c2cccc(Cl)c2C)S(C)(=O)=O)cc1. The number of carbonyl (C=O) groups is 1. The number of nitrogens with one attached hydrogen (secondary N) is 1. The molecule has 0 heterocycles. The fraction of sp³-hybridized carbons (Fsp3) is 0.409. The molecule has 0 fully saturated rings. The van der Waals surface area contributed by atoms with Crippen LogP contribution in [0.4, 0.5) is 5.69 Å². The van der Waals surface area contributed by atoms with Gasteiger partial charge in [0.2, 0.25) is 15.9 Å². The summed E-state index contributed by atoms with van der Waals surface area (Å²) in [5, 5.41) is 3.49. The number of halogens is 1. The van der Waals surface area contributed by atoms with Gasteiger partial charge in [-0.2, -0.15) is 0 Å². The lowest BCUT2D eigenvalue weighted by atomic mass is 10.0. The second kappa shape index (κ2) is 10.1. The molecule has 2 rings (SSSR count). The van der Waals surface area contributed by atoms with Crippen molar-refractivity contribution in [3.63, 3.8) is 0 Å². The van der Waals surface area contributed by atoms with Crippen LogP contribution in [0.15, 0.2) is 42.5 Å². The third-order valence-corrected chi connectivity index (χ3v) is 6.53. The number of sulfonamides is 1. The van der Waals surface area contributed by atoms with Crippen LogP contribution in [0.5, 0.6) is 0 Å². The Labute approximate surface area is 179 Å². The minimum Gasteiger partial charge on any atom is -0.350 e. The summed E-state index contributed by atoms with van der Waals surface area (Å²) in [5.41, 5.74) is 3.55. The second-order valence-electron chi connectivity index (χ2n) is 7.21. The van der Waals surface area contributed by atoms with Crippen LogP contribution in [0.3, 0.4) is 0 Å². The summed E-state index contributed by atoms with van der Waals surface area (Å²) in [4.78, 5) is 12.3. The van der Waals surface area contributed by atoms with Gasteiger partial charge in [-0.05, 0) is 55.5 Å². The standard InChI is InChI=1S/C22H29ClN2O3S/c1-5-18-11-13-19(14-12-18)17(3)24-22(26)10-7-15-25(29(4,27)28)21-9-6-8-20(23)16(21)2/h6,8-9,11-14,17H,5,7,10,15H2,1-4H3,(H,24,26)/t17-/m0/s1. The van der Waals surface area contributed by atoms with E-state index in [0.29, 0.717) is 22.7 Å². The third-order valence-electron chi connectivity index (χ3n) is 4.94. The van der Waals surface area contributed by atoms with Gasteiger partial charge in [0.15, 0.2) is 0 Å². The van der Waals surface area contributed by atoms with E-state index in [1.54, 1.807) is 25.1 Å². The number of anilines is 1. The van der Waals surface area contributed by atoms with Crippen LogP contribution in [0.2, 0.25) is 5.02 Å². The molecule has 0 saturated heterocycles. The fourth-order valence-electron chi connectivity index (χ4n) is 3.15. The van der Waals surface area contributed by atoms with Gasteiger partial charge in [-0.3, -0.25) is 9.10 Å². The van der Waals surface area contributed by atoms with Crippen molar-refractivity contribution in [1.29, 1.82) is 0 Å². The first-order valence-corrected chi connectivity index (χ1v) is 12.0. The van der Waals surface area contributed by atoms with Crippen LogP contribution >= 0.6 is 11.6 Å².